The maximum atomic E-state index is 10.9. The van der Waals surface area contributed by atoms with Gasteiger partial charge in [-0.15, -0.1) is 6.42 Å². The van der Waals surface area contributed by atoms with Crippen LogP contribution in [0.3, 0.4) is 0 Å². The van der Waals surface area contributed by atoms with E-state index in [-0.39, 0.29) is 16.9 Å². The number of aliphatic hydroxyl groups is 1. The Kier molecular flexibility index (Phi) is 3.03. The second kappa shape index (κ2) is 4.68. The number of phenolic OH excluding ortho intramolecular Hbond substituents is 2. The summed E-state index contributed by atoms with van der Waals surface area (Å²) in [6.07, 6.45) is 11.3. The van der Waals surface area contributed by atoms with E-state index < -0.39 is 5.60 Å². The van der Waals surface area contributed by atoms with Gasteiger partial charge in [0.05, 0.1) is 0 Å². The van der Waals surface area contributed by atoms with Crippen molar-refractivity contribution in [1.82, 2.24) is 0 Å². The summed E-state index contributed by atoms with van der Waals surface area (Å²) in [5, 5.41) is 30.6. The summed E-state index contributed by atoms with van der Waals surface area (Å²) >= 11 is 0. The third kappa shape index (κ3) is 1.82. The molecule has 23 heavy (non-hydrogen) atoms. The van der Waals surface area contributed by atoms with Gasteiger partial charge in [0.1, 0.15) is 5.60 Å². The summed E-state index contributed by atoms with van der Waals surface area (Å²) in [6.45, 7) is 2.17. The van der Waals surface area contributed by atoms with Crippen LogP contribution in [-0.2, 0) is 6.42 Å². The first-order valence-electron chi connectivity index (χ1n) is 8.64. The minimum Gasteiger partial charge on any atom is -0.504 e. The molecular formula is C20H24O3. The lowest BCUT2D eigenvalue weighted by molar-refractivity contribution is -0.0647. The van der Waals surface area contributed by atoms with E-state index in [2.05, 4.69) is 12.8 Å². The van der Waals surface area contributed by atoms with Crippen molar-refractivity contribution >= 4 is 0 Å². The molecule has 5 unspecified atom stereocenters. The maximum absolute atomic E-state index is 10.9. The van der Waals surface area contributed by atoms with Crippen molar-refractivity contribution in [3.8, 4) is 23.8 Å². The Morgan fingerprint density at radius 1 is 1.13 bits per heavy atom. The van der Waals surface area contributed by atoms with Gasteiger partial charge < -0.3 is 15.3 Å². The van der Waals surface area contributed by atoms with E-state index in [0.717, 1.165) is 37.7 Å². The zero-order valence-corrected chi connectivity index (χ0v) is 13.5. The first kappa shape index (κ1) is 14.9. The molecule has 4 rings (SSSR count). The van der Waals surface area contributed by atoms with Crippen molar-refractivity contribution in [3.05, 3.63) is 23.3 Å². The zero-order valence-electron chi connectivity index (χ0n) is 13.5. The number of aromatic hydroxyl groups is 2. The molecule has 3 N–H and O–H groups in total. The molecule has 0 heterocycles. The molecule has 5 atom stereocenters. The van der Waals surface area contributed by atoms with Gasteiger partial charge >= 0.3 is 0 Å². The summed E-state index contributed by atoms with van der Waals surface area (Å²) in [5.41, 5.74) is 1.18. The molecule has 3 nitrogen and oxygen atoms in total. The van der Waals surface area contributed by atoms with Gasteiger partial charge in [0.2, 0.25) is 0 Å². The van der Waals surface area contributed by atoms with Gasteiger partial charge in [-0.1, -0.05) is 12.8 Å². The number of benzene rings is 1. The molecule has 3 aliphatic carbocycles. The fourth-order valence-corrected chi connectivity index (χ4v) is 5.85. The van der Waals surface area contributed by atoms with E-state index in [1.807, 2.05) is 0 Å². The lowest BCUT2D eigenvalue weighted by atomic mass is 9.53. The molecule has 0 aliphatic heterocycles. The van der Waals surface area contributed by atoms with Crippen molar-refractivity contribution in [3.63, 3.8) is 0 Å². The molecule has 0 amide bonds. The van der Waals surface area contributed by atoms with Crippen molar-refractivity contribution in [2.45, 2.75) is 57.0 Å². The topological polar surface area (TPSA) is 60.7 Å². The van der Waals surface area contributed by atoms with Gasteiger partial charge in [-0.05, 0) is 79.5 Å². The highest BCUT2D eigenvalue weighted by molar-refractivity contribution is 5.48. The highest BCUT2D eigenvalue weighted by atomic mass is 16.3. The summed E-state index contributed by atoms with van der Waals surface area (Å²) in [5.74, 6) is 4.00. The molecule has 2 fully saturated rings. The monoisotopic (exact) mass is 312 g/mol. The predicted octanol–water partition coefficient (Wildman–Crippen LogP) is 3.32. The molecule has 0 spiro atoms. The molecule has 0 bridgehead atoms. The molecular weight excluding hydrogens is 288 g/mol. The lowest BCUT2D eigenvalue weighted by Crippen LogP contribution is -2.50. The molecule has 122 valence electrons. The molecule has 0 radical (unpaired) electrons. The van der Waals surface area contributed by atoms with Crippen LogP contribution in [0.15, 0.2) is 12.1 Å². The smallest absolute Gasteiger partial charge is 0.157 e. The van der Waals surface area contributed by atoms with Crippen molar-refractivity contribution in [1.29, 1.82) is 0 Å². The van der Waals surface area contributed by atoms with Gasteiger partial charge in [0, 0.05) is 5.41 Å². The quantitative estimate of drug-likeness (QED) is 0.509. The molecule has 2 saturated carbocycles. The summed E-state index contributed by atoms with van der Waals surface area (Å²) < 4.78 is 0. The molecule has 0 saturated heterocycles. The summed E-state index contributed by atoms with van der Waals surface area (Å²) in [7, 11) is 0. The second-order valence-electron chi connectivity index (χ2n) is 7.95. The minimum atomic E-state index is -0.972. The highest BCUT2D eigenvalue weighted by Gasteiger charge is 2.61. The number of rotatable bonds is 0. The molecule has 0 aromatic heterocycles. The fraction of sp³-hybridized carbons (Fsp3) is 0.600. The second-order valence-corrected chi connectivity index (χ2v) is 7.95. The molecule has 1 aromatic rings. The van der Waals surface area contributed by atoms with Crippen LogP contribution in [0.1, 0.15) is 56.1 Å². The Morgan fingerprint density at radius 2 is 1.87 bits per heavy atom. The van der Waals surface area contributed by atoms with Crippen molar-refractivity contribution in [2.75, 3.05) is 0 Å². The SMILES string of the molecule is C#CC1(O)CCC2C3CCc4cc(O)c(O)cc4C3CCC21C. The van der Waals surface area contributed by atoms with Crippen LogP contribution in [-0.4, -0.2) is 20.9 Å². The average molecular weight is 312 g/mol. The number of fused-ring (bicyclic) bond motifs is 5. The Bertz CT molecular complexity index is 704. The van der Waals surface area contributed by atoms with Crippen molar-refractivity contribution < 1.29 is 15.3 Å². The number of phenols is 2. The largest absolute Gasteiger partial charge is 0.504 e. The fourth-order valence-electron chi connectivity index (χ4n) is 5.85. The maximum Gasteiger partial charge on any atom is 0.157 e. The van der Waals surface area contributed by atoms with E-state index in [1.54, 1.807) is 12.1 Å². The Balaban J connectivity index is 1.74. The van der Waals surface area contributed by atoms with Crippen LogP contribution in [0.4, 0.5) is 0 Å². The van der Waals surface area contributed by atoms with Crippen LogP contribution in [0.2, 0.25) is 0 Å². The van der Waals surface area contributed by atoms with Crippen LogP contribution < -0.4 is 0 Å². The highest BCUT2D eigenvalue weighted by Crippen LogP contribution is 2.64. The zero-order chi connectivity index (χ0) is 16.4. The normalized spacial score (nSPS) is 41.5. The van der Waals surface area contributed by atoms with Crippen LogP contribution in [0.5, 0.6) is 11.5 Å². The van der Waals surface area contributed by atoms with E-state index in [1.165, 1.54) is 5.56 Å². The van der Waals surface area contributed by atoms with E-state index in [4.69, 9.17) is 6.42 Å². The van der Waals surface area contributed by atoms with Gasteiger partial charge in [0.25, 0.3) is 0 Å². The van der Waals surface area contributed by atoms with Gasteiger partial charge in [0.15, 0.2) is 11.5 Å². The minimum absolute atomic E-state index is 0.0228. The third-order valence-electron chi connectivity index (χ3n) is 7.21. The average Bonchev–Trinajstić information content (AvgIpc) is 2.81. The Morgan fingerprint density at radius 3 is 2.61 bits per heavy atom. The van der Waals surface area contributed by atoms with E-state index in [9.17, 15) is 15.3 Å². The van der Waals surface area contributed by atoms with Gasteiger partial charge in [-0.3, -0.25) is 0 Å². The van der Waals surface area contributed by atoms with Crippen LogP contribution in [0.25, 0.3) is 0 Å². The Labute approximate surface area is 137 Å². The van der Waals surface area contributed by atoms with Crippen LogP contribution in [0, 0.1) is 29.6 Å². The molecule has 3 heteroatoms. The predicted molar refractivity (Wildman–Crippen MR) is 88.2 cm³/mol. The van der Waals surface area contributed by atoms with E-state index in [0.29, 0.717) is 24.2 Å². The number of terminal acetylenes is 1. The standard InChI is InChI=1S/C20H24O3/c1-3-20(23)9-7-16-14-5-4-12-10-17(21)18(22)11-15(12)13(14)6-8-19(16,20)2/h1,10-11,13-14,16,21-23H,4-9H2,2H3. The van der Waals surface area contributed by atoms with Crippen LogP contribution >= 0.6 is 0 Å². The first-order chi connectivity index (χ1) is 10.9. The van der Waals surface area contributed by atoms with Gasteiger partial charge in [-0.25, -0.2) is 0 Å². The van der Waals surface area contributed by atoms with E-state index >= 15 is 0 Å². The molecule has 1 aromatic carbocycles. The van der Waals surface area contributed by atoms with Crippen molar-refractivity contribution in [2.24, 2.45) is 17.3 Å². The lowest BCUT2D eigenvalue weighted by Gasteiger charge is -2.52. The summed E-state index contributed by atoms with van der Waals surface area (Å²) in [4.78, 5) is 0. The molecule has 3 aliphatic rings. The third-order valence-corrected chi connectivity index (χ3v) is 7.21. The number of hydrogen-bond donors (Lipinski definition) is 3. The number of hydrogen-bond acceptors (Lipinski definition) is 3. The van der Waals surface area contributed by atoms with Gasteiger partial charge in [-0.2, -0.15) is 0 Å². The Hall–Kier alpha value is -1.66. The number of aryl methyl sites for hydroxylation is 1. The first-order valence-corrected chi connectivity index (χ1v) is 8.64. The summed E-state index contributed by atoms with van der Waals surface area (Å²) in [6, 6.07) is 3.48.